The van der Waals surface area contributed by atoms with Crippen LogP contribution in [0.4, 0.5) is 8.78 Å². The largest absolute Gasteiger partial charge is 0.457 e. The third kappa shape index (κ3) is 4.18. The first-order valence-electron chi connectivity index (χ1n) is 8.72. The van der Waals surface area contributed by atoms with Gasteiger partial charge in [-0.15, -0.1) is 0 Å². The predicted molar refractivity (Wildman–Crippen MR) is 94.4 cm³/mol. The van der Waals surface area contributed by atoms with Crippen molar-refractivity contribution >= 4 is 11.8 Å². The molecule has 0 bridgehead atoms. The Bertz CT molecular complexity index is 858. The number of halogens is 2. The van der Waals surface area contributed by atoms with Crippen LogP contribution in [0, 0.1) is 25.7 Å². The van der Waals surface area contributed by atoms with E-state index >= 15 is 0 Å². The van der Waals surface area contributed by atoms with E-state index in [-0.39, 0.29) is 30.0 Å². The van der Waals surface area contributed by atoms with Gasteiger partial charge in [0.05, 0.1) is 5.92 Å². The predicted octanol–water partition coefficient (Wildman–Crippen LogP) is 4.08. The van der Waals surface area contributed by atoms with Gasteiger partial charge in [0.2, 0.25) is 5.78 Å². The zero-order valence-corrected chi connectivity index (χ0v) is 15.4. The first-order valence-corrected chi connectivity index (χ1v) is 8.72. The van der Waals surface area contributed by atoms with Crippen molar-refractivity contribution in [2.75, 3.05) is 6.61 Å². The summed E-state index contributed by atoms with van der Waals surface area (Å²) in [6, 6.07) is 7.90. The first kappa shape index (κ1) is 19.1. The highest BCUT2D eigenvalue weighted by molar-refractivity contribution is 5.99. The minimum absolute atomic E-state index is 0.0636. The lowest BCUT2D eigenvalue weighted by atomic mass is 10.1. The third-order valence-corrected chi connectivity index (χ3v) is 4.81. The van der Waals surface area contributed by atoms with E-state index in [1.54, 1.807) is 25.1 Å². The highest BCUT2D eigenvalue weighted by atomic mass is 19.3. The lowest BCUT2D eigenvalue weighted by Crippen LogP contribution is -2.16. The smallest absolute Gasteiger partial charge is 0.387 e. The Hall–Kier alpha value is -2.70. The number of benzene rings is 1. The minimum atomic E-state index is -2.88. The monoisotopic (exact) mass is 377 g/mol. The summed E-state index contributed by atoms with van der Waals surface area (Å²) in [6.45, 7) is 2.43. The number of ether oxygens (including phenoxy) is 2. The Balaban J connectivity index is 1.74. The van der Waals surface area contributed by atoms with Crippen molar-refractivity contribution < 1.29 is 27.8 Å². The quantitative estimate of drug-likeness (QED) is 0.539. The van der Waals surface area contributed by atoms with E-state index in [4.69, 9.17) is 4.74 Å². The molecule has 5 nitrogen and oxygen atoms in total. The molecule has 0 saturated heterocycles. The number of rotatable bonds is 7. The summed E-state index contributed by atoms with van der Waals surface area (Å²) in [7, 11) is 0. The molecule has 1 aromatic heterocycles. The van der Waals surface area contributed by atoms with Crippen molar-refractivity contribution in [1.29, 1.82) is 0 Å². The minimum Gasteiger partial charge on any atom is -0.457 e. The highest BCUT2D eigenvalue weighted by Gasteiger charge is 2.40. The lowest BCUT2D eigenvalue weighted by Gasteiger charge is -2.11. The number of aromatic nitrogens is 1. The molecule has 1 fully saturated rings. The van der Waals surface area contributed by atoms with Crippen LogP contribution in [0.2, 0.25) is 0 Å². The van der Waals surface area contributed by atoms with Crippen molar-refractivity contribution in [2.45, 2.75) is 33.8 Å². The van der Waals surface area contributed by atoms with Gasteiger partial charge in [0.25, 0.3) is 0 Å². The van der Waals surface area contributed by atoms with Crippen LogP contribution in [0.3, 0.4) is 0 Å². The molecule has 2 atom stereocenters. The molecule has 1 aliphatic rings. The zero-order chi connectivity index (χ0) is 19.7. The topological polar surface area (TPSA) is 57.5 Å². The number of Topliss-reactive ketones (excluding diaryl/α,β-unsaturated/α-hetero) is 1. The van der Waals surface area contributed by atoms with Gasteiger partial charge in [0, 0.05) is 22.6 Å². The summed E-state index contributed by atoms with van der Waals surface area (Å²) in [5.74, 6) is -0.282. The number of nitrogens with zero attached hydrogens (tertiary/aromatic N) is 1. The Morgan fingerprint density at radius 3 is 2.41 bits per heavy atom. The van der Waals surface area contributed by atoms with Crippen LogP contribution in [-0.4, -0.2) is 29.5 Å². The van der Waals surface area contributed by atoms with Crippen molar-refractivity contribution in [3.05, 3.63) is 47.3 Å². The Labute approximate surface area is 155 Å². The molecule has 1 heterocycles. The number of alkyl halides is 2. The van der Waals surface area contributed by atoms with Gasteiger partial charge >= 0.3 is 12.6 Å². The Morgan fingerprint density at radius 1 is 1.22 bits per heavy atom. The van der Waals surface area contributed by atoms with E-state index < -0.39 is 6.61 Å². The van der Waals surface area contributed by atoms with Crippen LogP contribution >= 0.6 is 0 Å². The molecule has 0 N–H and O–H groups in total. The Morgan fingerprint density at radius 2 is 1.85 bits per heavy atom. The van der Waals surface area contributed by atoms with Crippen LogP contribution in [0.25, 0.3) is 5.69 Å². The molecule has 3 rings (SSSR count). The molecule has 144 valence electrons. The summed E-state index contributed by atoms with van der Waals surface area (Å²) in [6.07, 6.45) is 0.812. The number of hydrogen-bond donors (Lipinski definition) is 0. The van der Waals surface area contributed by atoms with Gasteiger partial charge in [-0.05, 0) is 56.5 Å². The van der Waals surface area contributed by atoms with Gasteiger partial charge in [0.15, 0.2) is 6.61 Å². The number of ketones is 1. The fourth-order valence-electron chi connectivity index (χ4n) is 3.19. The van der Waals surface area contributed by atoms with E-state index in [2.05, 4.69) is 4.74 Å². The summed E-state index contributed by atoms with van der Waals surface area (Å²) in [4.78, 5) is 24.3. The van der Waals surface area contributed by atoms with Crippen molar-refractivity contribution in [3.8, 4) is 11.4 Å². The molecule has 0 aliphatic heterocycles. The van der Waals surface area contributed by atoms with Gasteiger partial charge in [-0.1, -0.05) is 6.92 Å². The maximum atomic E-state index is 12.5. The summed E-state index contributed by atoms with van der Waals surface area (Å²) < 4.78 is 35.9. The molecule has 2 aromatic rings. The second kappa shape index (κ2) is 7.50. The van der Waals surface area contributed by atoms with Gasteiger partial charge < -0.3 is 14.0 Å². The molecule has 0 unspecified atom stereocenters. The zero-order valence-electron chi connectivity index (χ0n) is 15.4. The van der Waals surface area contributed by atoms with E-state index in [0.29, 0.717) is 17.2 Å². The maximum Gasteiger partial charge on any atom is 0.387 e. The van der Waals surface area contributed by atoms with Crippen LogP contribution < -0.4 is 4.74 Å². The summed E-state index contributed by atoms with van der Waals surface area (Å²) in [5, 5.41) is 0. The molecule has 0 spiro atoms. The van der Waals surface area contributed by atoms with Gasteiger partial charge in [-0.3, -0.25) is 9.59 Å². The van der Waals surface area contributed by atoms with Crippen LogP contribution in [0.15, 0.2) is 30.3 Å². The first-order chi connectivity index (χ1) is 12.8. The molecule has 27 heavy (non-hydrogen) atoms. The molecular weight excluding hydrogens is 356 g/mol. The maximum absolute atomic E-state index is 12.5. The van der Waals surface area contributed by atoms with Crippen molar-refractivity contribution in [3.63, 3.8) is 0 Å². The fraction of sp³-hybridized carbons (Fsp3) is 0.400. The molecule has 0 amide bonds. The standard InChI is InChI=1S/C20H21F2NO4/c1-11-8-16(11)19(25)26-10-18(24)17-9-12(2)23(13(17)3)14-4-6-15(7-5-14)27-20(21)22/h4-7,9,11,16,20H,8,10H2,1-3H3/t11-,16+/m0/s1. The number of carbonyl (C=O) groups excluding carboxylic acids is 2. The number of esters is 1. The van der Waals surface area contributed by atoms with Crippen LogP contribution in [0.1, 0.15) is 35.1 Å². The molecule has 1 saturated carbocycles. The van der Waals surface area contributed by atoms with Gasteiger partial charge in [0.1, 0.15) is 5.75 Å². The van der Waals surface area contributed by atoms with E-state index in [1.807, 2.05) is 18.4 Å². The number of aryl methyl sites for hydroxylation is 1. The molecule has 7 heteroatoms. The number of carbonyl (C=O) groups is 2. The lowest BCUT2D eigenvalue weighted by molar-refractivity contribution is -0.144. The SMILES string of the molecule is Cc1cc(C(=O)COC(=O)[C@@H]2C[C@@H]2C)c(C)n1-c1ccc(OC(F)F)cc1. The summed E-state index contributed by atoms with van der Waals surface area (Å²) in [5.41, 5.74) is 2.68. The van der Waals surface area contributed by atoms with Crippen LogP contribution in [-0.2, 0) is 9.53 Å². The van der Waals surface area contributed by atoms with Gasteiger partial charge in [-0.2, -0.15) is 8.78 Å². The summed E-state index contributed by atoms with van der Waals surface area (Å²) >= 11 is 0. The second-order valence-corrected chi connectivity index (χ2v) is 6.84. The van der Waals surface area contributed by atoms with E-state index in [9.17, 15) is 18.4 Å². The van der Waals surface area contributed by atoms with Crippen molar-refractivity contribution in [1.82, 2.24) is 4.57 Å². The number of hydrogen-bond acceptors (Lipinski definition) is 4. The Kier molecular flexibility index (Phi) is 5.30. The molecule has 1 aliphatic carbocycles. The molecule has 1 aromatic carbocycles. The van der Waals surface area contributed by atoms with E-state index in [0.717, 1.165) is 17.8 Å². The molecular formula is C20H21F2NO4. The van der Waals surface area contributed by atoms with Crippen molar-refractivity contribution in [2.24, 2.45) is 11.8 Å². The second-order valence-electron chi connectivity index (χ2n) is 6.84. The highest BCUT2D eigenvalue weighted by Crippen LogP contribution is 2.38. The van der Waals surface area contributed by atoms with E-state index in [1.165, 1.54) is 12.1 Å². The molecule has 0 radical (unpaired) electrons. The average molecular weight is 377 g/mol. The van der Waals surface area contributed by atoms with Gasteiger partial charge in [-0.25, -0.2) is 0 Å². The van der Waals surface area contributed by atoms with Crippen LogP contribution in [0.5, 0.6) is 5.75 Å². The third-order valence-electron chi connectivity index (χ3n) is 4.81. The fourth-order valence-corrected chi connectivity index (χ4v) is 3.19. The average Bonchev–Trinajstić information content (AvgIpc) is 3.27. The normalized spacial score (nSPS) is 18.4.